The van der Waals surface area contributed by atoms with Gasteiger partial charge in [-0.15, -0.1) is 0 Å². The highest BCUT2D eigenvalue weighted by molar-refractivity contribution is 7.80. The Balaban J connectivity index is 1.30. The molecule has 2 N–H and O–H groups in total. The SMILES string of the molecule is S=C(N/N=C\c1cccnc1)N[C@H]1C[C@@H]2C[C@@H]1[C@H]1C=CC[C@H]21. The standard InChI is InChI=1S/C17H20N4S/c22-17(21-19-10-11-3-2-6-18-9-11)20-16-8-12-7-15(16)14-5-1-4-13(12)14/h1-3,5-6,9-10,12-16H,4,7-8H2,(H2,20,21,22)/b19-10-/t12-,13+,14-,15+,16-/m0/s1. The lowest BCUT2D eigenvalue weighted by molar-refractivity contribution is 0.246. The highest BCUT2D eigenvalue weighted by Crippen LogP contribution is 2.56. The Morgan fingerprint density at radius 1 is 1.36 bits per heavy atom. The van der Waals surface area contributed by atoms with Gasteiger partial charge in [0.2, 0.25) is 0 Å². The number of hydrogen-bond acceptors (Lipinski definition) is 3. The van der Waals surface area contributed by atoms with Crippen LogP contribution in [0.2, 0.25) is 0 Å². The van der Waals surface area contributed by atoms with Crippen LogP contribution in [0, 0.1) is 23.7 Å². The van der Waals surface area contributed by atoms with Crippen LogP contribution in [-0.2, 0) is 0 Å². The molecule has 22 heavy (non-hydrogen) atoms. The van der Waals surface area contributed by atoms with Crippen molar-refractivity contribution in [3.63, 3.8) is 0 Å². The molecule has 4 nitrogen and oxygen atoms in total. The van der Waals surface area contributed by atoms with Crippen molar-refractivity contribution in [1.82, 2.24) is 15.7 Å². The maximum absolute atomic E-state index is 5.37. The number of hydrazone groups is 1. The lowest BCUT2D eigenvalue weighted by atomic mass is 9.79. The Morgan fingerprint density at radius 3 is 3.18 bits per heavy atom. The van der Waals surface area contributed by atoms with E-state index in [1.54, 1.807) is 18.6 Å². The summed E-state index contributed by atoms with van der Waals surface area (Å²) in [6, 6.07) is 4.35. The fraction of sp³-hybridized carbons (Fsp3) is 0.471. The van der Waals surface area contributed by atoms with E-state index < -0.39 is 0 Å². The van der Waals surface area contributed by atoms with E-state index in [2.05, 4.69) is 33.0 Å². The summed E-state index contributed by atoms with van der Waals surface area (Å²) in [4.78, 5) is 4.05. The molecule has 2 bridgehead atoms. The Morgan fingerprint density at radius 2 is 2.32 bits per heavy atom. The minimum atomic E-state index is 0.502. The van der Waals surface area contributed by atoms with Crippen molar-refractivity contribution >= 4 is 23.5 Å². The van der Waals surface area contributed by atoms with Crippen LogP contribution in [0.1, 0.15) is 24.8 Å². The van der Waals surface area contributed by atoms with Crippen molar-refractivity contribution in [3.8, 4) is 0 Å². The fourth-order valence-electron chi connectivity index (χ4n) is 4.53. The lowest BCUT2D eigenvalue weighted by Crippen LogP contribution is -2.45. The Bertz CT molecular complexity index is 612. The average molecular weight is 312 g/mol. The highest BCUT2D eigenvalue weighted by Gasteiger charge is 2.52. The molecule has 0 aromatic carbocycles. The van der Waals surface area contributed by atoms with Crippen molar-refractivity contribution < 1.29 is 0 Å². The van der Waals surface area contributed by atoms with Crippen LogP contribution in [0.25, 0.3) is 0 Å². The molecule has 0 aliphatic heterocycles. The van der Waals surface area contributed by atoms with Crippen LogP contribution in [-0.4, -0.2) is 22.4 Å². The van der Waals surface area contributed by atoms with Gasteiger partial charge in [0, 0.05) is 24.0 Å². The number of thiocarbonyl (C=S) groups is 1. The smallest absolute Gasteiger partial charge is 0.187 e. The summed E-state index contributed by atoms with van der Waals surface area (Å²) < 4.78 is 0. The number of pyridine rings is 1. The monoisotopic (exact) mass is 312 g/mol. The number of nitrogens with zero attached hydrogens (tertiary/aromatic N) is 2. The third-order valence-electron chi connectivity index (χ3n) is 5.39. The van der Waals surface area contributed by atoms with E-state index in [0.29, 0.717) is 11.2 Å². The van der Waals surface area contributed by atoms with Gasteiger partial charge in [0.05, 0.1) is 6.21 Å². The molecule has 1 aromatic rings. The van der Waals surface area contributed by atoms with E-state index >= 15 is 0 Å². The van der Waals surface area contributed by atoms with E-state index in [1.165, 1.54) is 19.3 Å². The highest BCUT2D eigenvalue weighted by atomic mass is 32.1. The van der Waals surface area contributed by atoms with Gasteiger partial charge in [0.1, 0.15) is 0 Å². The number of hydrogen-bond donors (Lipinski definition) is 2. The van der Waals surface area contributed by atoms with Crippen LogP contribution in [0.5, 0.6) is 0 Å². The molecule has 0 amide bonds. The normalized spacial score (nSPS) is 35.0. The summed E-state index contributed by atoms with van der Waals surface area (Å²) in [5.41, 5.74) is 3.88. The van der Waals surface area contributed by atoms with Crippen molar-refractivity contribution in [3.05, 3.63) is 42.2 Å². The third-order valence-corrected chi connectivity index (χ3v) is 5.60. The zero-order valence-electron chi connectivity index (χ0n) is 12.4. The molecule has 0 radical (unpaired) electrons. The molecule has 5 atom stereocenters. The first-order valence-electron chi connectivity index (χ1n) is 7.97. The molecule has 3 aliphatic rings. The zero-order chi connectivity index (χ0) is 14.9. The first kappa shape index (κ1) is 13.9. The molecule has 4 rings (SSSR count). The van der Waals surface area contributed by atoms with Gasteiger partial charge >= 0.3 is 0 Å². The average Bonchev–Trinajstić information content (AvgIpc) is 3.20. The molecule has 114 valence electrons. The number of nitrogens with one attached hydrogen (secondary N) is 2. The Kier molecular flexibility index (Phi) is 3.66. The van der Waals surface area contributed by atoms with Gasteiger partial charge < -0.3 is 5.32 Å². The van der Waals surface area contributed by atoms with E-state index in [9.17, 15) is 0 Å². The molecule has 0 saturated heterocycles. The minimum Gasteiger partial charge on any atom is -0.358 e. The number of rotatable bonds is 3. The summed E-state index contributed by atoms with van der Waals surface area (Å²) in [5, 5.41) is 8.27. The Labute approximate surface area is 136 Å². The molecular weight excluding hydrogens is 292 g/mol. The lowest BCUT2D eigenvalue weighted by Gasteiger charge is -2.32. The quantitative estimate of drug-likeness (QED) is 0.390. The molecule has 1 heterocycles. The fourth-order valence-corrected chi connectivity index (χ4v) is 4.73. The van der Waals surface area contributed by atoms with E-state index in [0.717, 1.165) is 29.2 Å². The second kappa shape index (κ2) is 5.80. The van der Waals surface area contributed by atoms with Crippen LogP contribution in [0.3, 0.4) is 0 Å². The van der Waals surface area contributed by atoms with Crippen LogP contribution >= 0.6 is 12.2 Å². The van der Waals surface area contributed by atoms with Crippen molar-refractivity contribution in [1.29, 1.82) is 0 Å². The van der Waals surface area contributed by atoms with Crippen molar-refractivity contribution in [2.75, 3.05) is 0 Å². The van der Waals surface area contributed by atoms with Gasteiger partial charge in [-0.05, 0) is 61.2 Å². The first-order chi connectivity index (χ1) is 10.8. The molecule has 0 spiro atoms. The van der Waals surface area contributed by atoms with Gasteiger partial charge in [-0.25, -0.2) is 0 Å². The van der Waals surface area contributed by atoms with Crippen LogP contribution in [0.15, 0.2) is 41.8 Å². The van der Waals surface area contributed by atoms with Crippen molar-refractivity contribution in [2.45, 2.75) is 25.3 Å². The van der Waals surface area contributed by atoms with Gasteiger partial charge in [-0.2, -0.15) is 5.10 Å². The molecule has 2 saturated carbocycles. The van der Waals surface area contributed by atoms with Crippen LogP contribution in [0.4, 0.5) is 0 Å². The summed E-state index contributed by atoms with van der Waals surface area (Å²) in [6.45, 7) is 0. The van der Waals surface area contributed by atoms with Crippen molar-refractivity contribution in [2.24, 2.45) is 28.8 Å². The van der Waals surface area contributed by atoms with Gasteiger partial charge in [0.15, 0.2) is 5.11 Å². The molecular formula is C17H20N4S. The molecule has 1 aromatic heterocycles. The van der Waals surface area contributed by atoms with Crippen LogP contribution < -0.4 is 10.7 Å². The van der Waals surface area contributed by atoms with E-state index in [4.69, 9.17) is 12.2 Å². The topological polar surface area (TPSA) is 49.3 Å². The molecule has 5 heteroatoms. The first-order valence-corrected chi connectivity index (χ1v) is 8.38. The second-order valence-electron chi connectivity index (χ2n) is 6.54. The Hall–Kier alpha value is -1.75. The summed E-state index contributed by atoms with van der Waals surface area (Å²) >= 11 is 5.37. The predicted octanol–water partition coefficient (Wildman–Crippen LogP) is 2.48. The maximum Gasteiger partial charge on any atom is 0.187 e. The number of allylic oxidation sites excluding steroid dienone is 2. The van der Waals surface area contributed by atoms with E-state index in [1.807, 2.05) is 12.1 Å². The predicted molar refractivity (Wildman–Crippen MR) is 91.4 cm³/mol. The maximum atomic E-state index is 5.37. The molecule has 3 aliphatic carbocycles. The second-order valence-corrected chi connectivity index (χ2v) is 6.94. The number of fused-ring (bicyclic) bond motifs is 5. The van der Waals surface area contributed by atoms with Gasteiger partial charge in [-0.3, -0.25) is 10.4 Å². The zero-order valence-corrected chi connectivity index (χ0v) is 13.2. The third kappa shape index (κ3) is 2.54. The molecule has 0 unspecified atom stereocenters. The summed E-state index contributed by atoms with van der Waals surface area (Å²) in [5.74, 6) is 3.31. The molecule has 2 fully saturated rings. The summed E-state index contributed by atoms with van der Waals surface area (Å²) in [6.07, 6.45) is 13.9. The minimum absolute atomic E-state index is 0.502. The largest absolute Gasteiger partial charge is 0.358 e. The van der Waals surface area contributed by atoms with Gasteiger partial charge in [0.25, 0.3) is 0 Å². The number of aromatic nitrogens is 1. The van der Waals surface area contributed by atoms with E-state index in [-0.39, 0.29) is 0 Å². The summed E-state index contributed by atoms with van der Waals surface area (Å²) in [7, 11) is 0. The van der Waals surface area contributed by atoms with Gasteiger partial charge in [-0.1, -0.05) is 18.2 Å².